The largest absolute Gasteiger partial charge is 0.370 e. The zero-order chi connectivity index (χ0) is 20.4. The summed E-state index contributed by atoms with van der Waals surface area (Å²) < 4.78 is 12.8. The van der Waals surface area contributed by atoms with Crippen LogP contribution in [-0.4, -0.2) is 28.8 Å². The van der Waals surface area contributed by atoms with Crippen LogP contribution in [0.25, 0.3) is 0 Å². The summed E-state index contributed by atoms with van der Waals surface area (Å²) in [5, 5.41) is 0.539. The smallest absolute Gasteiger partial charge is 0.333 e. The summed E-state index contributed by atoms with van der Waals surface area (Å²) in [6, 6.07) is 5.85. The third-order valence-corrected chi connectivity index (χ3v) is 4.09. The predicted molar refractivity (Wildman–Crippen MR) is 94.2 cm³/mol. The highest BCUT2D eigenvalue weighted by molar-refractivity contribution is 6.01. The summed E-state index contributed by atoms with van der Waals surface area (Å²) in [6.07, 6.45) is 3.04. The molecule has 1 heterocycles. The summed E-state index contributed by atoms with van der Waals surface area (Å²) in [6.45, 7) is 0.288. The SMILES string of the molecule is O=C(CCCCCCC(=O)ON1C(=O)CCC1=O)ONCc1ccc([18F])cc1. The summed E-state index contributed by atoms with van der Waals surface area (Å²) in [4.78, 5) is 55.5. The minimum atomic E-state index is -0.618. The Labute approximate surface area is 161 Å². The van der Waals surface area contributed by atoms with Crippen LogP contribution < -0.4 is 5.48 Å². The number of amides is 2. The van der Waals surface area contributed by atoms with Crippen molar-refractivity contribution >= 4 is 23.8 Å². The van der Waals surface area contributed by atoms with Crippen LogP contribution in [0.4, 0.5) is 4.39 Å². The van der Waals surface area contributed by atoms with Crippen molar-refractivity contribution in [2.24, 2.45) is 0 Å². The molecule has 0 bridgehead atoms. The maximum absolute atomic E-state index is 12.8. The van der Waals surface area contributed by atoms with Crippen LogP contribution in [0.3, 0.4) is 0 Å². The lowest BCUT2D eigenvalue weighted by Gasteiger charge is -2.12. The zero-order valence-corrected chi connectivity index (χ0v) is 15.4. The third-order valence-electron chi connectivity index (χ3n) is 4.09. The fourth-order valence-corrected chi connectivity index (χ4v) is 2.55. The second-order valence-electron chi connectivity index (χ2n) is 6.38. The van der Waals surface area contributed by atoms with Crippen LogP contribution in [0.2, 0.25) is 0 Å². The quantitative estimate of drug-likeness (QED) is 0.350. The van der Waals surface area contributed by atoms with Crippen molar-refractivity contribution in [1.82, 2.24) is 10.5 Å². The number of hydrogen-bond acceptors (Lipinski definition) is 7. The number of halogens is 1. The molecule has 0 unspecified atom stereocenters. The molecule has 1 fully saturated rings. The van der Waals surface area contributed by atoms with Gasteiger partial charge in [0, 0.05) is 25.7 Å². The van der Waals surface area contributed by atoms with Crippen LogP contribution in [0.5, 0.6) is 0 Å². The van der Waals surface area contributed by atoms with E-state index in [2.05, 4.69) is 5.48 Å². The average Bonchev–Trinajstić information content (AvgIpc) is 2.98. The van der Waals surface area contributed by atoms with Crippen LogP contribution in [-0.2, 0) is 35.4 Å². The summed E-state index contributed by atoms with van der Waals surface area (Å²) in [5.74, 6) is -2.33. The second kappa shape index (κ2) is 11.1. The van der Waals surface area contributed by atoms with Crippen molar-refractivity contribution in [2.75, 3.05) is 0 Å². The normalized spacial score (nSPS) is 13.7. The number of rotatable bonds is 11. The average molecular weight is 393 g/mol. The fourth-order valence-electron chi connectivity index (χ4n) is 2.55. The Morgan fingerprint density at radius 2 is 1.50 bits per heavy atom. The van der Waals surface area contributed by atoms with Gasteiger partial charge in [-0.1, -0.05) is 25.0 Å². The van der Waals surface area contributed by atoms with Gasteiger partial charge in [0.1, 0.15) is 5.82 Å². The molecule has 1 N–H and O–H groups in total. The number of carbonyl (C=O) groups excluding carboxylic acids is 4. The highest BCUT2D eigenvalue weighted by Gasteiger charge is 2.32. The van der Waals surface area contributed by atoms with Crippen molar-refractivity contribution in [1.29, 1.82) is 0 Å². The first-order valence-corrected chi connectivity index (χ1v) is 9.19. The Morgan fingerprint density at radius 1 is 0.929 bits per heavy atom. The molecule has 0 aromatic heterocycles. The van der Waals surface area contributed by atoms with E-state index >= 15 is 0 Å². The van der Waals surface area contributed by atoms with E-state index in [0.717, 1.165) is 12.0 Å². The summed E-state index contributed by atoms with van der Waals surface area (Å²) in [7, 11) is 0. The van der Waals surface area contributed by atoms with Gasteiger partial charge in [0.05, 0.1) is 6.54 Å². The lowest BCUT2D eigenvalue weighted by molar-refractivity contribution is -0.197. The van der Waals surface area contributed by atoms with E-state index in [9.17, 15) is 23.6 Å². The summed E-state index contributed by atoms with van der Waals surface area (Å²) >= 11 is 0. The molecule has 1 aliphatic rings. The van der Waals surface area contributed by atoms with E-state index in [-0.39, 0.29) is 38.0 Å². The minimum Gasteiger partial charge on any atom is -0.370 e. The Balaban J connectivity index is 1.46. The van der Waals surface area contributed by atoms with E-state index in [1.54, 1.807) is 12.1 Å². The summed E-state index contributed by atoms with van der Waals surface area (Å²) in [5.41, 5.74) is 3.33. The van der Waals surface area contributed by atoms with Crippen LogP contribution in [0.15, 0.2) is 24.3 Å². The maximum Gasteiger partial charge on any atom is 0.333 e. The Morgan fingerprint density at radius 3 is 2.11 bits per heavy atom. The van der Waals surface area contributed by atoms with Crippen LogP contribution >= 0.6 is 0 Å². The Kier molecular flexibility index (Phi) is 8.54. The Hall–Kier alpha value is -2.81. The third kappa shape index (κ3) is 7.43. The number of carbonyl (C=O) groups is 4. The predicted octanol–water partition coefficient (Wildman–Crippen LogP) is 2.32. The van der Waals surface area contributed by atoms with Gasteiger partial charge >= 0.3 is 11.9 Å². The van der Waals surface area contributed by atoms with E-state index < -0.39 is 23.8 Å². The van der Waals surface area contributed by atoms with Gasteiger partial charge in [-0.2, -0.15) is 0 Å². The molecule has 0 saturated carbocycles. The molecule has 0 radical (unpaired) electrons. The number of nitrogens with zero attached hydrogens (tertiary/aromatic N) is 1. The topological polar surface area (TPSA) is 102 Å². The first-order chi connectivity index (χ1) is 13.5. The Bertz CT molecular complexity index is 691. The highest BCUT2D eigenvalue weighted by Crippen LogP contribution is 2.14. The van der Waals surface area contributed by atoms with Crippen molar-refractivity contribution in [3.63, 3.8) is 0 Å². The number of hydrogen-bond donors (Lipinski definition) is 1. The lowest BCUT2D eigenvalue weighted by atomic mass is 10.1. The molecule has 0 atom stereocenters. The van der Waals surface area contributed by atoms with Gasteiger partial charge in [-0.3, -0.25) is 14.4 Å². The van der Waals surface area contributed by atoms with Crippen LogP contribution in [0, 0.1) is 5.82 Å². The lowest BCUT2D eigenvalue weighted by Crippen LogP contribution is -2.31. The molecule has 152 valence electrons. The molecule has 0 aliphatic carbocycles. The monoisotopic (exact) mass is 393 g/mol. The van der Waals surface area contributed by atoms with Gasteiger partial charge in [-0.05, 0) is 30.5 Å². The van der Waals surface area contributed by atoms with Crippen molar-refractivity contribution in [2.45, 2.75) is 57.9 Å². The van der Waals surface area contributed by atoms with E-state index in [1.807, 2.05) is 0 Å². The minimum absolute atomic E-state index is 0.0704. The molecule has 1 saturated heterocycles. The van der Waals surface area contributed by atoms with Crippen molar-refractivity contribution in [3.8, 4) is 0 Å². The first kappa shape index (κ1) is 21.5. The van der Waals surface area contributed by atoms with E-state index in [1.165, 1.54) is 12.1 Å². The molecule has 1 aromatic rings. The fraction of sp³-hybridized carbons (Fsp3) is 0.474. The molecule has 1 aromatic carbocycles. The molecule has 8 nitrogen and oxygen atoms in total. The van der Waals surface area contributed by atoms with Crippen LogP contribution in [0.1, 0.15) is 56.9 Å². The molecular weight excluding hydrogens is 370 g/mol. The molecular formula is C19H23FN2O6. The molecule has 0 spiro atoms. The number of hydroxylamine groups is 3. The van der Waals surface area contributed by atoms with Crippen molar-refractivity contribution in [3.05, 3.63) is 35.6 Å². The van der Waals surface area contributed by atoms with Gasteiger partial charge in [-0.15, -0.1) is 10.5 Å². The number of unbranched alkanes of at least 4 members (excludes halogenated alkanes) is 3. The number of nitrogens with one attached hydrogen (secondary N) is 1. The van der Waals surface area contributed by atoms with Gasteiger partial charge in [0.15, 0.2) is 0 Å². The number of imide groups is 1. The van der Waals surface area contributed by atoms with E-state index in [4.69, 9.17) is 9.68 Å². The van der Waals surface area contributed by atoms with Gasteiger partial charge in [-0.25, -0.2) is 9.18 Å². The van der Waals surface area contributed by atoms with E-state index in [0.29, 0.717) is 24.3 Å². The first-order valence-electron chi connectivity index (χ1n) is 9.19. The highest BCUT2D eigenvalue weighted by atomic mass is 18.2. The zero-order valence-electron chi connectivity index (χ0n) is 15.4. The van der Waals surface area contributed by atoms with Gasteiger partial charge in [0.2, 0.25) is 0 Å². The molecule has 28 heavy (non-hydrogen) atoms. The molecule has 2 amide bonds. The van der Waals surface area contributed by atoms with Gasteiger partial charge in [0.25, 0.3) is 11.8 Å². The van der Waals surface area contributed by atoms with Gasteiger partial charge < -0.3 is 9.68 Å². The molecule has 2 rings (SSSR count). The standard InChI is InChI=1S/C19H23FN2O6/c20-15-9-7-14(8-10-15)13-21-27-18(25)5-3-1-2-4-6-19(26)28-22-16(23)11-12-17(22)24/h7-10,21H,1-6,11-13H2/i20-1. The van der Waals surface area contributed by atoms with Crippen molar-refractivity contribution < 1.29 is 33.2 Å². The molecule has 1 aliphatic heterocycles. The number of benzene rings is 1. The second-order valence-corrected chi connectivity index (χ2v) is 6.38. The molecule has 9 heteroatoms. The maximum atomic E-state index is 12.8.